The minimum absolute atomic E-state index is 0.177. The van der Waals surface area contributed by atoms with Crippen LogP contribution in [0.4, 0.5) is 5.82 Å². The number of aromatic nitrogens is 2. The first-order valence-electron chi connectivity index (χ1n) is 9.72. The van der Waals surface area contributed by atoms with E-state index in [1.807, 2.05) is 30.5 Å². The third kappa shape index (κ3) is 4.81. The van der Waals surface area contributed by atoms with Crippen molar-refractivity contribution in [1.82, 2.24) is 14.9 Å². The number of aliphatic hydroxyl groups is 2. The predicted octanol–water partition coefficient (Wildman–Crippen LogP) is 2.93. The number of nitrogens with one attached hydrogen (secondary N) is 2. The van der Waals surface area contributed by atoms with Crippen molar-refractivity contribution in [2.45, 2.75) is 31.6 Å². The number of piperidine rings is 1. The van der Waals surface area contributed by atoms with Crippen LogP contribution in [0.15, 0.2) is 48.8 Å². The molecule has 0 unspecified atom stereocenters. The predicted molar refractivity (Wildman–Crippen MR) is 109 cm³/mol. The lowest BCUT2D eigenvalue weighted by Crippen LogP contribution is -2.38. The fourth-order valence-corrected chi connectivity index (χ4v) is 3.48. The molecule has 0 saturated carbocycles. The van der Waals surface area contributed by atoms with Gasteiger partial charge in [-0.25, -0.2) is 4.98 Å². The van der Waals surface area contributed by atoms with E-state index in [1.54, 1.807) is 18.3 Å². The smallest absolute Gasteiger partial charge is 0.132 e. The first-order valence-corrected chi connectivity index (χ1v) is 9.72. The molecule has 1 fully saturated rings. The van der Waals surface area contributed by atoms with Crippen molar-refractivity contribution in [1.29, 1.82) is 0 Å². The molecule has 1 aliphatic heterocycles. The van der Waals surface area contributed by atoms with Crippen LogP contribution in [0.25, 0.3) is 10.9 Å². The SMILES string of the molecule is OC1CCN(CC[C@@H](O)Nc2cc(Oc3ccc4[nH]ccc4c3)ccn2)CC1. The molecular weight excluding hydrogens is 356 g/mol. The molecule has 3 aromatic rings. The number of H-pyrrole nitrogens is 1. The maximum absolute atomic E-state index is 10.3. The molecule has 0 spiro atoms. The van der Waals surface area contributed by atoms with Gasteiger partial charge >= 0.3 is 0 Å². The van der Waals surface area contributed by atoms with Gasteiger partial charge in [0.05, 0.1) is 6.10 Å². The van der Waals surface area contributed by atoms with Gasteiger partial charge in [0.15, 0.2) is 0 Å². The molecule has 7 nitrogen and oxygen atoms in total. The summed E-state index contributed by atoms with van der Waals surface area (Å²) in [5.41, 5.74) is 1.07. The summed E-state index contributed by atoms with van der Waals surface area (Å²) in [5.74, 6) is 1.98. The van der Waals surface area contributed by atoms with Gasteiger partial charge in [-0.05, 0) is 43.2 Å². The number of hydrogen-bond acceptors (Lipinski definition) is 6. The Morgan fingerprint density at radius 2 is 2.00 bits per heavy atom. The van der Waals surface area contributed by atoms with E-state index in [0.29, 0.717) is 18.0 Å². The zero-order chi connectivity index (χ0) is 19.3. The first kappa shape index (κ1) is 18.7. The lowest BCUT2D eigenvalue weighted by Gasteiger charge is -2.30. The fraction of sp³-hybridized carbons (Fsp3) is 0.381. The Morgan fingerprint density at radius 1 is 1.18 bits per heavy atom. The molecule has 28 heavy (non-hydrogen) atoms. The summed E-state index contributed by atoms with van der Waals surface area (Å²) in [6.07, 6.45) is 4.89. The number of nitrogens with zero attached hydrogens (tertiary/aromatic N) is 2. The summed E-state index contributed by atoms with van der Waals surface area (Å²) in [4.78, 5) is 9.69. The van der Waals surface area contributed by atoms with Crippen molar-refractivity contribution >= 4 is 16.7 Å². The summed E-state index contributed by atoms with van der Waals surface area (Å²) in [6.45, 7) is 2.54. The van der Waals surface area contributed by atoms with Gasteiger partial charge in [0.1, 0.15) is 23.5 Å². The Morgan fingerprint density at radius 3 is 2.86 bits per heavy atom. The number of benzene rings is 1. The Balaban J connectivity index is 1.31. The maximum atomic E-state index is 10.3. The van der Waals surface area contributed by atoms with Crippen LogP contribution in [0.2, 0.25) is 0 Å². The molecule has 1 saturated heterocycles. The van der Waals surface area contributed by atoms with E-state index >= 15 is 0 Å². The minimum atomic E-state index is -0.689. The highest BCUT2D eigenvalue weighted by molar-refractivity contribution is 5.80. The summed E-state index contributed by atoms with van der Waals surface area (Å²) < 4.78 is 5.94. The number of hydrogen-bond donors (Lipinski definition) is 4. The third-order valence-electron chi connectivity index (χ3n) is 5.08. The first-order chi connectivity index (χ1) is 13.7. The van der Waals surface area contributed by atoms with Crippen LogP contribution < -0.4 is 10.1 Å². The van der Waals surface area contributed by atoms with Gasteiger partial charge in [0, 0.05) is 55.4 Å². The second-order valence-corrected chi connectivity index (χ2v) is 7.23. The number of pyridine rings is 1. The zero-order valence-electron chi connectivity index (χ0n) is 15.7. The molecule has 1 atom stereocenters. The molecule has 3 heterocycles. The van der Waals surface area contributed by atoms with E-state index < -0.39 is 6.23 Å². The summed E-state index contributed by atoms with van der Waals surface area (Å²) in [5, 5.41) is 24.0. The molecule has 1 aromatic carbocycles. The molecule has 4 N–H and O–H groups in total. The van der Waals surface area contributed by atoms with Crippen molar-refractivity contribution in [3.8, 4) is 11.5 Å². The lowest BCUT2D eigenvalue weighted by molar-refractivity contribution is 0.0742. The number of anilines is 1. The maximum Gasteiger partial charge on any atom is 0.132 e. The number of rotatable bonds is 7. The number of ether oxygens (including phenoxy) is 1. The van der Waals surface area contributed by atoms with Crippen LogP contribution in [0, 0.1) is 0 Å². The Bertz CT molecular complexity index is 905. The third-order valence-corrected chi connectivity index (χ3v) is 5.08. The second kappa shape index (κ2) is 8.60. The molecule has 0 bridgehead atoms. The minimum Gasteiger partial charge on any atom is -0.457 e. The molecule has 0 aliphatic carbocycles. The molecule has 0 amide bonds. The highest BCUT2D eigenvalue weighted by Crippen LogP contribution is 2.26. The fourth-order valence-electron chi connectivity index (χ4n) is 3.48. The quantitative estimate of drug-likeness (QED) is 0.470. The van der Waals surface area contributed by atoms with E-state index in [-0.39, 0.29) is 6.10 Å². The van der Waals surface area contributed by atoms with Crippen LogP contribution in [0.5, 0.6) is 11.5 Å². The van der Waals surface area contributed by atoms with E-state index in [9.17, 15) is 10.2 Å². The monoisotopic (exact) mass is 382 g/mol. The Labute approximate surface area is 164 Å². The van der Waals surface area contributed by atoms with Crippen LogP contribution in [-0.2, 0) is 0 Å². The largest absolute Gasteiger partial charge is 0.457 e. The zero-order valence-corrected chi connectivity index (χ0v) is 15.7. The van der Waals surface area contributed by atoms with Crippen molar-refractivity contribution in [3.63, 3.8) is 0 Å². The number of likely N-dealkylation sites (tertiary alicyclic amines) is 1. The number of fused-ring (bicyclic) bond motifs is 1. The van der Waals surface area contributed by atoms with E-state index in [4.69, 9.17) is 4.74 Å². The standard InChI is InChI=1S/C21H26N4O3/c26-16-5-10-25(11-6-16)12-7-21(27)24-20-14-18(4-9-23-20)28-17-1-2-19-15(13-17)3-8-22-19/h1-4,8-9,13-14,16,21-22,26-27H,5-7,10-12H2,(H,23,24)/t21-/m1/s1. The number of aromatic amines is 1. The van der Waals surface area contributed by atoms with Crippen molar-refractivity contribution in [2.75, 3.05) is 25.0 Å². The van der Waals surface area contributed by atoms with Crippen LogP contribution in [0.3, 0.4) is 0 Å². The van der Waals surface area contributed by atoms with E-state index in [0.717, 1.165) is 49.1 Å². The topological polar surface area (TPSA) is 93.6 Å². The summed E-state index contributed by atoms with van der Waals surface area (Å²) in [6, 6.07) is 11.4. The van der Waals surface area contributed by atoms with Gasteiger partial charge < -0.3 is 30.2 Å². The molecule has 148 valence electrons. The van der Waals surface area contributed by atoms with Crippen LogP contribution in [0.1, 0.15) is 19.3 Å². The van der Waals surface area contributed by atoms with E-state index in [1.165, 1.54) is 0 Å². The van der Waals surface area contributed by atoms with Gasteiger partial charge in [0.25, 0.3) is 0 Å². The molecule has 4 rings (SSSR count). The highest BCUT2D eigenvalue weighted by atomic mass is 16.5. The van der Waals surface area contributed by atoms with Gasteiger partial charge in [-0.2, -0.15) is 0 Å². The van der Waals surface area contributed by atoms with Gasteiger partial charge in [-0.15, -0.1) is 0 Å². The van der Waals surface area contributed by atoms with Gasteiger partial charge in [-0.1, -0.05) is 0 Å². The van der Waals surface area contributed by atoms with Gasteiger partial charge in [0.2, 0.25) is 0 Å². The Kier molecular flexibility index (Phi) is 5.76. The lowest BCUT2D eigenvalue weighted by atomic mass is 10.1. The van der Waals surface area contributed by atoms with Crippen LogP contribution >= 0.6 is 0 Å². The molecule has 0 radical (unpaired) electrons. The van der Waals surface area contributed by atoms with Gasteiger partial charge in [-0.3, -0.25) is 0 Å². The highest BCUT2D eigenvalue weighted by Gasteiger charge is 2.17. The van der Waals surface area contributed by atoms with Crippen molar-refractivity contribution in [2.24, 2.45) is 0 Å². The molecular formula is C21H26N4O3. The average molecular weight is 382 g/mol. The van der Waals surface area contributed by atoms with Crippen LogP contribution in [-0.4, -0.2) is 57.0 Å². The number of aliphatic hydroxyl groups excluding tert-OH is 2. The Hall–Kier alpha value is -2.61. The molecule has 2 aromatic heterocycles. The van der Waals surface area contributed by atoms with Crippen molar-refractivity contribution < 1.29 is 14.9 Å². The van der Waals surface area contributed by atoms with Crippen molar-refractivity contribution in [3.05, 3.63) is 48.8 Å². The molecule has 1 aliphatic rings. The summed E-state index contributed by atoms with van der Waals surface area (Å²) in [7, 11) is 0. The summed E-state index contributed by atoms with van der Waals surface area (Å²) >= 11 is 0. The second-order valence-electron chi connectivity index (χ2n) is 7.23. The molecule has 7 heteroatoms. The normalized spacial score (nSPS) is 16.9. The average Bonchev–Trinajstić information content (AvgIpc) is 3.16. The van der Waals surface area contributed by atoms with E-state index in [2.05, 4.69) is 20.2 Å².